The van der Waals surface area contributed by atoms with Gasteiger partial charge in [0, 0.05) is 50.1 Å². The molecule has 7 nitrogen and oxygen atoms in total. The highest BCUT2D eigenvalue weighted by molar-refractivity contribution is 5.38. The third-order valence-electron chi connectivity index (χ3n) is 4.65. The Morgan fingerprint density at radius 1 is 1.32 bits per heavy atom. The lowest BCUT2D eigenvalue weighted by Crippen LogP contribution is -2.45. The lowest BCUT2D eigenvalue weighted by molar-refractivity contribution is 0.149. The fourth-order valence-corrected chi connectivity index (χ4v) is 3.45. The van der Waals surface area contributed by atoms with Crippen molar-refractivity contribution in [2.75, 3.05) is 26.7 Å². The molecule has 0 radical (unpaired) electrons. The Morgan fingerprint density at radius 3 is 3.08 bits per heavy atom. The molecule has 2 aromatic heterocycles. The number of piperazine rings is 1. The third-order valence-corrected chi connectivity index (χ3v) is 4.65. The molecule has 0 bridgehead atoms. The highest BCUT2D eigenvalue weighted by atomic mass is 16.5. The Hall–Kier alpha value is -2.64. The summed E-state index contributed by atoms with van der Waals surface area (Å²) in [5.41, 5.74) is 2.49. The predicted molar refractivity (Wildman–Crippen MR) is 94.8 cm³/mol. The van der Waals surface area contributed by atoms with Gasteiger partial charge in [-0.25, -0.2) is 9.50 Å². The van der Waals surface area contributed by atoms with Crippen LogP contribution in [0.25, 0.3) is 5.65 Å². The van der Waals surface area contributed by atoms with Crippen molar-refractivity contribution in [1.82, 2.24) is 24.8 Å². The van der Waals surface area contributed by atoms with Gasteiger partial charge in [0.1, 0.15) is 5.75 Å². The molecule has 1 aromatic carbocycles. The molecule has 1 aliphatic heterocycles. The lowest BCUT2D eigenvalue weighted by Gasteiger charge is -2.36. The van der Waals surface area contributed by atoms with E-state index in [2.05, 4.69) is 26.4 Å². The van der Waals surface area contributed by atoms with Gasteiger partial charge < -0.3 is 10.1 Å². The van der Waals surface area contributed by atoms with Crippen LogP contribution in [0.3, 0.4) is 0 Å². The summed E-state index contributed by atoms with van der Waals surface area (Å²) in [6.07, 6.45) is 1.72. The maximum atomic E-state index is 12.2. The van der Waals surface area contributed by atoms with Gasteiger partial charge in [0.2, 0.25) is 0 Å². The molecule has 1 unspecified atom stereocenters. The van der Waals surface area contributed by atoms with Crippen molar-refractivity contribution in [3.8, 4) is 5.75 Å². The summed E-state index contributed by atoms with van der Waals surface area (Å²) in [5.74, 6) is 0.885. The zero-order valence-corrected chi connectivity index (χ0v) is 14.1. The summed E-state index contributed by atoms with van der Waals surface area (Å²) in [6.45, 7) is 3.26. The second-order valence-electron chi connectivity index (χ2n) is 6.17. The van der Waals surface area contributed by atoms with Crippen molar-refractivity contribution < 1.29 is 4.74 Å². The van der Waals surface area contributed by atoms with E-state index in [4.69, 9.17) is 4.74 Å². The number of nitrogens with zero attached hydrogens (tertiary/aromatic N) is 3. The smallest absolute Gasteiger partial charge is 0.272 e. The molecule has 0 saturated carbocycles. The zero-order chi connectivity index (χ0) is 17.2. The average Bonchev–Trinajstić information content (AvgIpc) is 3.11. The molecule has 0 spiro atoms. The van der Waals surface area contributed by atoms with Gasteiger partial charge in [0.25, 0.3) is 5.56 Å². The van der Waals surface area contributed by atoms with Crippen LogP contribution >= 0.6 is 0 Å². The standard InChI is InChI=1S/C18H21N5O2/c1-25-16-5-3-2-4-14(16)15-11-19-8-9-22(15)12-13-10-18(24)23-17(21-13)6-7-20-23/h2-7,10,15,19-20H,8-9,11-12H2,1H3. The van der Waals surface area contributed by atoms with Gasteiger partial charge in [-0.15, -0.1) is 0 Å². The van der Waals surface area contributed by atoms with E-state index in [0.29, 0.717) is 12.2 Å². The summed E-state index contributed by atoms with van der Waals surface area (Å²) >= 11 is 0. The first-order valence-electron chi connectivity index (χ1n) is 8.40. The molecular weight excluding hydrogens is 318 g/mol. The van der Waals surface area contributed by atoms with Gasteiger partial charge in [-0.1, -0.05) is 18.2 Å². The largest absolute Gasteiger partial charge is 0.496 e. The molecule has 0 amide bonds. The number of aromatic nitrogens is 3. The van der Waals surface area contributed by atoms with E-state index in [9.17, 15) is 4.79 Å². The van der Waals surface area contributed by atoms with Crippen LogP contribution in [0, 0.1) is 0 Å². The molecule has 25 heavy (non-hydrogen) atoms. The topological polar surface area (TPSA) is 74.7 Å². The molecule has 3 heterocycles. The number of ether oxygens (including phenoxy) is 1. The molecule has 2 N–H and O–H groups in total. The minimum Gasteiger partial charge on any atom is -0.496 e. The number of fused-ring (bicyclic) bond motifs is 1. The molecule has 4 rings (SSSR count). The first kappa shape index (κ1) is 15.9. The number of hydrogen-bond acceptors (Lipinski definition) is 5. The number of para-hydroxylation sites is 1. The van der Waals surface area contributed by atoms with E-state index in [1.54, 1.807) is 25.4 Å². The van der Waals surface area contributed by atoms with Gasteiger partial charge in [-0.05, 0) is 6.07 Å². The Balaban J connectivity index is 1.65. The molecule has 7 heteroatoms. The fourth-order valence-electron chi connectivity index (χ4n) is 3.45. The lowest BCUT2D eigenvalue weighted by atomic mass is 10.0. The highest BCUT2D eigenvalue weighted by Crippen LogP contribution is 2.30. The first-order chi connectivity index (χ1) is 12.3. The Kier molecular flexibility index (Phi) is 4.25. The summed E-state index contributed by atoms with van der Waals surface area (Å²) in [5, 5.41) is 6.32. The molecule has 1 aliphatic rings. The van der Waals surface area contributed by atoms with Crippen molar-refractivity contribution >= 4 is 5.65 Å². The molecule has 1 fully saturated rings. The molecule has 1 atom stereocenters. The summed E-state index contributed by atoms with van der Waals surface area (Å²) in [7, 11) is 1.70. The van der Waals surface area contributed by atoms with E-state index < -0.39 is 0 Å². The predicted octanol–water partition coefficient (Wildman–Crippen LogP) is 1.18. The van der Waals surface area contributed by atoms with Crippen LogP contribution < -0.4 is 15.6 Å². The number of methoxy groups -OCH3 is 1. The monoisotopic (exact) mass is 339 g/mol. The van der Waals surface area contributed by atoms with Gasteiger partial charge in [-0.2, -0.15) is 0 Å². The van der Waals surface area contributed by atoms with Crippen LogP contribution in [-0.4, -0.2) is 46.2 Å². The second-order valence-corrected chi connectivity index (χ2v) is 6.17. The van der Waals surface area contributed by atoms with E-state index in [-0.39, 0.29) is 11.6 Å². The first-order valence-corrected chi connectivity index (χ1v) is 8.40. The maximum Gasteiger partial charge on any atom is 0.272 e. The normalized spacial score (nSPS) is 18.5. The molecule has 3 aromatic rings. The number of aromatic amines is 1. The number of rotatable bonds is 4. The average molecular weight is 339 g/mol. The Labute approximate surface area is 145 Å². The minimum atomic E-state index is -0.0889. The summed E-state index contributed by atoms with van der Waals surface area (Å²) in [4.78, 5) is 19.1. The van der Waals surface area contributed by atoms with Crippen molar-refractivity contribution in [2.45, 2.75) is 12.6 Å². The summed E-state index contributed by atoms with van der Waals surface area (Å²) < 4.78 is 6.98. The SMILES string of the molecule is COc1ccccc1C1CNCCN1Cc1cc(=O)n2[nH]ccc2n1. The van der Waals surface area contributed by atoms with E-state index in [1.165, 1.54) is 4.52 Å². The van der Waals surface area contributed by atoms with Crippen LogP contribution in [0.2, 0.25) is 0 Å². The maximum absolute atomic E-state index is 12.2. The summed E-state index contributed by atoms with van der Waals surface area (Å²) in [6, 6.07) is 11.7. The van der Waals surface area contributed by atoms with E-state index in [1.807, 2.05) is 18.2 Å². The van der Waals surface area contributed by atoms with Gasteiger partial charge in [0.15, 0.2) is 5.65 Å². The number of H-pyrrole nitrogens is 1. The van der Waals surface area contributed by atoms with Crippen LogP contribution in [0.5, 0.6) is 5.75 Å². The van der Waals surface area contributed by atoms with Gasteiger partial charge >= 0.3 is 0 Å². The van der Waals surface area contributed by atoms with E-state index >= 15 is 0 Å². The Bertz CT molecular complexity index is 932. The van der Waals surface area contributed by atoms with Crippen molar-refractivity contribution in [2.24, 2.45) is 0 Å². The zero-order valence-electron chi connectivity index (χ0n) is 14.1. The van der Waals surface area contributed by atoms with E-state index in [0.717, 1.165) is 36.6 Å². The Morgan fingerprint density at radius 2 is 2.20 bits per heavy atom. The van der Waals surface area contributed by atoms with Crippen LogP contribution in [-0.2, 0) is 6.54 Å². The molecule has 130 valence electrons. The number of hydrogen-bond donors (Lipinski definition) is 2. The van der Waals surface area contributed by atoms with Crippen LogP contribution in [0.1, 0.15) is 17.3 Å². The third kappa shape index (κ3) is 3.04. The van der Waals surface area contributed by atoms with Gasteiger partial charge in [0.05, 0.1) is 18.8 Å². The number of benzene rings is 1. The van der Waals surface area contributed by atoms with Crippen molar-refractivity contribution in [3.05, 3.63) is 64.2 Å². The van der Waals surface area contributed by atoms with Crippen LogP contribution in [0.4, 0.5) is 0 Å². The second kappa shape index (κ2) is 6.70. The van der Waals surface area contributed by atoms with Crippen LogP contribution in [0.15, 0.2) is 47.4 Å². The van der Waals surface area contributed by atoms with Gasteiger partial charge in [-0.3, -0.25) is 14.8 Å². The van der Waals surface area contributed by atoms with Crippen molar-refractivity contribution in [1.29, 1.82) is 0 Å². The number of nitrogens with one attached hydrogen (secondary N) is 2. The molecule has 0 aliphatic carbocycles. The minimum absolute atomic E-state index is 0.0889. The fraction of sp³-hybridized carbons (Fsp3) is 0.333. The molecule has 1 saturated heterocycles. The molecular formula is C18H21N5O2. The quantitative estimate of drug-likeness (QED) is 0.747. The highest BCUT2D eigenvalue weighted by Gasteiger charge is 2.26. The van der Waals surface area contributed by atoms with Crippen molar-refractivity contribution in [3.63, 3.8) is 0 Å².